The molecule has 0 radical (unpaired) electrons. The Morgan fingerprint density at radius 1 is 1.08 bits per heavy atom. The molecular formula is C22H29O3P. The molecule has 0 amide bonds. The highest BCUT2D eigenvalue weighted by Crippen LogP contribution is 2.44. The van der Waals surface area contributed by atoms with Crippen molar-refractivity contribution >= 4 is 18.5 Å². The van der Waals surface area contributed by atoms with Crippen molar-refractivity contribution in [2.75, 3.05) is 20.4 Å². The molecule has 0 heterocycles. The Morgan fingerprint density at radius 3 is 2.19 bits per heavy atom. The number of hydrogen-bond donors (Lipinski definition) is 1. The fraction of sp³-hybridized carbons (Fsp3) is 0.364. The predicted octanol–water partition coefficient (Wildman–Crippen LogP) is 4.93. The van der Waals surface area contributed by atoms with Crippen molar-refractivity contribution in [2.24, 2.45) is 0 Å². The minimum absolute atomic E-state index is 0.160. The molecule has 0 saturated carbocycles. The molecule has 0 saturated heterocycles. The first-order chi connectivity index (χ1) is 12.6. The molecule has 26 heavy (non-hydrogen) atoms. The average molecular weight is 372 g/mol. The number of para-hydroxylation sites is 1. The zero-order valence-corrected chi connectivity index (χ0v) is 17.1. The van der Waals surface area contributed by atoms with Crippen LogP contribution < -0.4 is 20.1 Å². The molecule has 2 atom stereocenters. The first-order valence-electron chi connectivity index (χ1n) is 9.05. The van der Waals surface area contributed by atoms with Gasteiger partial charge in [0.2, 0.25) is 0 Å². The number of hydrogen-bond acceptors (Lipinski definition) is 3. The third kappa shape index (κ3) is 4.04. The largest absolute Gasteiger partial charge is 0.507 e. The molecule has 0 aliphatic carbocycles. The Morgan fingerprint density at radius 2 is 1.69 bits per heavy atom. The zero-order chi connectivity index (χ0) is 19.1. The molecule has 3 nitrogen and oxygen atoms in total. The minimum Gasteiger partial charge on any atom is -0.507 e. The van der Waals surface area contributed by atoms with Crippen LogP contribution in [0.1, 0.15) is 38.2 Å². The first kappa shape index (κ1) is 20.3. The van der Waals surface area contributed by atoms with Crippen LogP contribution in [0.2, 0.25) is 0 Å². The molecule has 4 heteroatoms. The number of allylic oxidation sites excluding steroid dienone is 1. The predicted molar refractivity (Wildman–Crippen MR) is 112 cm³/mol. The highest BCUT2D eigenvalue weighted by Gasteiger charge is 2.25. The number of rotatable bonds is 9. The van der Waals surface area contributed by atoms with Gasteiger partial charge in [0.1, 0.15) is 17.2 Å². The highest BCUT2D eigenvalue weighted by molar-refractivity contribution is 7.73. The van der Waals surface area contributed by atoms with E-state index in [1.807, 2.05) is 42.5 Å². The molecule has 1 N–H and O–H groups in total. The standard InChI is InChI=1S/C22H29O3P/c1-6-11-16(7-2)17-12-9-15-20(21(17)23)26(8-3)22-18(24-4)13-10-14-19(22)25-5/h7,9-10,12-16,23H,2,6,8,11H2,1,3-5H3/t16-,26?/m0/s1. The molecule has 1 unspecified atom stereocenters. The monoisotopic (exact) mass is 372 g/mol. The summed E-state index contributed by atoms with van der Waals surface area (Å²) < 4.78 is 11.2. The molecular weight excluding hydrogens is 343 g/mol. The van der Waals surface area contributed by atoms with Crippen molar-refractivity contribution < 1.29 is 14.6 Å². The minimum atomic E-state index is -0.812. The molecule has 0 bridgehead atoms. The number of benzene rings is 2. The quantitative estimate of drug-likeness (QED) is 0.501. The smallest absolute Gasteiger partial charge is 0.130 e. The summed E-state index contributed by atoms with van der Waals surface area (Å²) in [6.45, 7) is 8.25. The fourth-order valence-electron chi connectivity index (χ4n) is 3.32. The molecule has 140 valence electrons. The van der Waals surface area contributed by atoms with E-state index < -0.39 is 7.92 Å². The lowest BCUT2D eigenvalue weighted by molar-refractivity contribution is 0.401. The highest BCUT2D eigenvalue weighted by atomic mass is 31.1. The van der Waals surface area contributed by atoms with Crippen LogP contribution >= 0.6 is 7.92 Å². The summed E-state index contributed by atoms with van der Waals surface area (Å²) in [5.74, 6) is 2.15. The summed E-state index contributed by atoms with van der Waals surface area (Å²) in [5, 5.41) is 13.1. The first-order valence-corrected chi connectivity index (χ1v) is 10.6. The number of phenols is 1. The lowest BCUT2D eigenvalue weighted by atomic mass is 9.94. The van der Waals surface area contributed by atoms with Gasteiger partial charge in [0.15, 0.2) is 0 Å². The van der Waals surface area contributed by atoms with Gasteiger partial charge in [-0.3, -0.25) is 0 Å². The molecule has 2 aromatic carbocycles. The number of phenolic OH excluding ortho intramolecular Hbond substituents is 1. The Kier molecular flexibility index (Phi) is 7.53. The van der Waals surface area contributed by atoms with E-state index in [4.69, 9.17) is 9.47 Å². The van der Waals surface area contributed by atoms with Crippen molar-refractivity contribution in [3.05, 3.63) is 54.6 Å². The number of aromatic hydroxyl groups is 1. The summed E-state index contributed by atoms with van der Waals surface area (Å²) in [4.78, 5) is 0. The van der Waals surface area contributed by atoms with Gasteiger partial charge in [0, 0.05) is 16.8 Å². The van der Waals surface area contributed by atoms with Crippen LogP contribution in [-0.2, 0) is 0 Å². The van der Waals surface area contributed by atoms with E-state index in [1.165, 1.54) is 0 Å². The number of methoxy groups -OCH3 is 2. The Balaban J connectivity index is 2.61. The molecule has 2 rings (SSSR count). The third-order valence-electron chi connectivity index (χ3n) is 4.61. The van der Waals surface area contributed by atoms with Gasteiger partial charge in [-0.2, -0.15) is 0 Å². The molecule has 0 spiro atoms. The summed E-state index contributed by atoms with van der Waals surface area (Å²) in [6, 6.07) is 11.9. The maximum Gasteiger partial charge on any atom is 0.130 e. The Bertz CT molecular complexity index is 720. The van der Waals surface area contributed by atoms with E-state index in [9.17, 15) is 5.11 Å². The van der Waals surface area contributed by atoms with Gasteiger partial charge in [-0.1, -0.05) is 50.6 Å². The Labute approximate surface area is 158 Å². The molecule has 2 aromatic rings. The van der Waals surface area contributed by atoms with E-state index in [-0.39, 0.29) is 5.92 Å². The van der Waals surface area contributed by atoms with Crippen molar-refractivity contribution in [3.63, 3.8) is 0 Å². The molecule has 0 aromatic heterocycles. The van der Waals surface area contributed by atoms with E-state index in [0.29, 0.717) is 5.75 Å². The van der Waals surface area contributed by atoms with E-state index in [2.05, 4.69) is 20.4 Å². The van der Waals surface area contributed by atoms with Crippen LogP contribution in [0.4, 0.5) is 0 Å². The SMILES string of the molecule is C=C[C@@H](CCC)c1cccc(P(CC)c2c(OC)cccc2OC)c1O. The van der Waals surface area contributed by atoms with Crippen molar-refractivity contribution in [1.29, 1.82) is 0 Å². The van der Waals surface area contributed by atoms with Gasteiger partial charge in [0.05, 0.1) is 19.5 Å². The normalized spacial score (nSPS) is 13.1. The zero-order valence-electron chi connectivity index (χ0n) is 16.2. The van der Waals surface area contributed by atoms with Crippen LogP contribution in [-0.4, -0.2) is 25.5 Å². The van der Waals surface area contributed by atoms with Crippen LogP contribution in [0.15, 0.2) is 49.1 Å². The Hall–Kier alpha value is -1.99. The second kappa shape index (κ2) is 9.64. The lowest BCUT2D eigenvalue weighted by Crippen LogP contribution is -2.19. The van der Waals surface area contributed by atoms with E-state index in [0.717, 1.165) is 46.7 Å². The van der Waals surface area contributed by atoms with Crippen LogP contribution in [0.5, 0.6) is 17.2 Å². The third-order valence-corrected chi connectivity index (χ3v) is 7.16. The summed E-state index contributed by atoms with van der Waals surface area (Å²) in [5.41, 5.74) is 0.953. The second-order valence-electron chi connectivity index (χ2n) is 6.10. The van der Waals surface area contributed by atoms with Gasteiger partial charge in [0.25, 0.3) is 0 Å². The maximum absolute atomic E-state index is 11.1. The van der Waals surface area contributed by atoms with Crippen LogP contribution in [0.25, 0.3) is 0 Å². The van der Waals surface area contributed by atoms with Gasteiger partial charge >= 0.3 is 0 Å². The topological polar surface area (TPSA) is 38.7 Å². The molecule has 0 aliphatic rings. The van der Waals surface area contributed by atoms with Crippen molar-refractivity contribution in [1.82, 2.24) is 0 Å². The fourth-order valence-corrected chi connectivity index (χ4v) is 5.74. The van der Waals surface area contributed by atoms with Crippen molar-refractivity contribution in [2.45, 2.75) is 32.6 Å². The summed E-state index contributed by atoms with van der Waals surface area (Å²) in [7, 11) is 2.53. The van der Waals surface area contributed by atoms with Crippen molar-refractivity contribution in [3.8, 4) is 17.2 Å². The molecule has 0 aliphatic heterocycles. The van der Waals surface area contributed by atoms with Gasteiger partial charge in [-0.15, -0.1) is 6.58 Å². The molecule has 0 fully saturated rings. The second-order valence-corrected chi connectivity index (χ2v) is 8.52. The van der Waals surface area contributed by atoms with Gasteiger partial charge in [-0.05, 0) is 32.6 Å². The summed E-state index contributed by atoms with van der Waals surface area (Å²) in [6.07, 6.45) is 4.83. The van der Waals surface area contributed by atoms with Crippen LogP contribution in [0, 0.1) is 0 Å². The number of ether oxygens (including phenoxy) is 2. The summed E-state index contributed by atoms with van der Waals surface area (Å²) >= 11 is 0. The lowest BCUT2D eigenvalue weighted by Gasteiger charge is -2.24. The average Bonchev–Trinajstić information content (AvgIpc) is 2.68. The van der Waals surface area contributed by atoms with Gasteiger partial charge in [-0.25, -0.2) is 0 Å². The van der Waals surface area contributed by atoms with Gasteiger partial charge < -0.3 is 14.6 Å². The van der Waals surface area contributed by atoms with Crippen LogP contribution in [0.3, 0.4) is 0 Å². The van der Waals surface area contributed by atoms with E-state index >= 15 is 0 Å². The maximum atomic E-state index is 11.1. The van der Waals surface area contributed by atoms with E-state index in [1.54, 1.807) is 14.2 Å².